The van der Waals surface area contributed by atoms with Gasteiger partial charge in [-0.25, -0.2) is 4.68 Å². The molecule has 1 saturated heterocycles. The first kappa shape index (κ1) is 17.1. The summed E-state index contributed by atoms with van der Waals surface area (Å²) in [7, 11) is 0. The lowest BCUT2D eigenvalue weighted by Gasteiger charge is -2.29. The van der Waals surface area contributed by atoms with E-state index >= 15 is 0 Å². The van der Waals surface area contributed by atoms with E-state index in [0.717, 1.165) is 16.6 Å². The minimum atomic E-state index is -0.796. The van der Waals surface area contributed by atoms with Crippen molar-refractivity contribution in [2.75, 3.05) is 13.1 Å². The second-order valence-corrected chi connectivity index (χ2v) is 6.72. The number of rotatable bonds is 3. The van der Waals surface area contributed by atoms with Gasteiger partial charge in [-0.1, -0.05) is 11.3 Å². The van der Waals surface area contributed by atoms with Gasteiger partial charge >= 0.3 is 5.97 Å². The zero-order valence-electron chi connectivity index (χ0n) is 14.9. The normalized spacial score (nSPS) is 15.2. The second-order valence-electron chi connectivity index (χ2n) is 6.72. The summed E-state index contributed by atoms with van der Waals surface area (Å²) < 4.78 is 1.64. The topological polar surface area (TPSA) is 101 Å². The molecule has 0 saturated carbocycles. The highest BCUT2D eigenvalue weighted by Crippen LogP contribution is 2.22. The number of carboxylic acid groups (broad SMARTS) is 1. The van der Waals surface area contributed by atoms with Crippen molar-refractivity contribution < 1.29 is 14.7 Å². The molecule has 4 rings (SSSR count). The number of carboxylic acids is 1. The van der Waals surface area contributed by atoms with Crippen LogP contribution in [0.2, 0.25) is 0 Å². The van der Waals surface area contributed by atoms with Crippen LogP contribution in [0.25, 0.3) is 16.6 Å². The minimum Gasteiger partial charge on any atom is -0.481 e. The first-order valence-electron chi connectivity index (χ1n) is 8.84. The Kier molecular flexibility index (Phi) is 4.31. The van der Waals surface area contributed by atoms with Crippen LogP contribution in [-0.4, -0.2) is 55.0 Å². The molecule has 1 aliphatic rings. The van der Waals surface area contributed by atoms with Gasteiger partial charge < -0.3 is 10.0 Å². The number of carbonyl (C=O) groups excluding carboxylic acids is 1. The van der Waals surface area contributed by atoms with E-state index in [-0.39, 0.29) is 11.8 Å². The summed E-state index contributed by atoms with van der Waals surface area (Å²) in [6, 6.07) is 9.59. The Balaban J connectivity index is 1.58. The molecule has 0 aliphatic carbocycles. The van der Waals surface area contributed by atoms with Gasteiger partial charge in [-0.3, -0.25) is 14.6 Å². The molecule has 0 spiro atoms. The van der Waals surface area contributed by atoms with Gasteiger partial charge in [-0.05, 0) is 44.0 Å². The highest BCUT2D eigenvalue weighted by atomic mass is 16.4. The standard InChI is InChI=1S/C19H19N5O3/c1-12-17(18(25)23-9-6-13(7-10-23)19(26)27)21-22-24(12)15-4-5-16-14(11-15)3-2-8-20-16/h2-5,8,11,13H,6-7,9-10H2,1H3,(H,26,27). The molecule has 0 bridgehead atoms. The minimum absolute atomic E-state index is 0.204. The summed E-state index contributed by atoms with van der Waals surface area (Å²) >= 11 is 0. The van der Waals surface area contributed by atoms with Crippen LogP contribution in [0.1, 0.15) is 29.0 Å². The molecule has 1 aliphatic heterocycles. The van der Waals surface area contributed by atoms with Gasteiger partial charge in [0.1, 0.15) is 0 Å². The van der Waals surface area contributed by atoms with Crippen LogP contribution in [0.5, 0.6) is 0 Å². The van der Waals surface area contributed by atoms with Gasteiger partial charge in [0, 0.05) is 24.7 Å². The number of pyridine rings is 1. The molecule has 3 aromatic rings. The number of aromatic nitrogens is 4. The predicted octanol–water partition coefficient (Wildman–Crippen LogP) is 2.06. The van der Waals surface area contributed by atoms with Crippen LogP contribution in [0.15, 0.2) is 36.5 Å². The molecule has 8 nitrogen and oxygen atoms in total. The van der Waals surface area contributed by atoms with E-state index in [1.807, 2.05) is 37.3 Å². The maximum absolute atomic E-state index is 12.8. The Morgan fingerprint density at radius 2 is 1.96 bits per heavy atom. The molecular weight excluding hydrogens is 346 g/mol. The van der Waals surface area contributed by atoms with Crippen LogP contribution in [0.4, 0.5) is 0 Å². The number of likely N-dealkylation sites (tertiary alicyclic amines) is 1. The highest BCUT2D eigenvalue weighted by molar-refractivity contribution is 5.93. The monoisotopic (exact) mass is 365 g/mol. The van der Waals surface area contributed by atoms with Crippen LogP contribution in [-0.2, 0) is 4.79 Å². The smallest absolute Gasteiger partial charge is 0.306 e. The molecule has 0 radical (unpaired) electrons. The Morgan fingerprint density at radius 1 is 1.19 bits per heavy atom. The molecule has 138 valence electrons. The molecular formula is C19H19N5O3. The van der Waals surface area contributed by atoms with Gasteiger partial charge in [0.25, 0.3) is 5.91 Å². The Hall–Kier alpha value is -3.29. The fraction of sp³-hybridized carbons (Fsp3) is 0.316. The van der Waals surface area contributed by atoms with Crippen molar-refractivity contribution in [2.45, 2.75) is 19.8 Å². The number of carbonyl (C=O) groups is 2. The Morgan fingerprint density at radius 3 is 2.70 bits per heavy atom. The van der Waals surface area contributed by atoms with Crippen LogP contribution in [0.3, 0.4) is 0 Å². The molecule has 0 atom stereocenters. The number of amides is 1. The quantitative estimate of drug-likeness (QED) is 0.762. The van der Waals surface area contributed by atoms with E-state index in [0.29, 0.717) is 37.3 Å². The molecule has 2 aromatic heterocycles. The molecule has 1 fully saturated rings. The van der Waals surface area contributed by atoms with E-state index in [9.17, 15) is 9.59 Å². The van der Waals surface area contributed by atoms with Crippen molar-refractivity contribution in [1.82, 2.24) is 24.9 Å². The number of piperidine rings is 1. The average Bonchev–Trinajstić information content (AvgIpc) is 3.08. The average molecular weight is 365 g/mol. The molecule has 1 N–H and O–H groups in total. The van der Waals surface area contributed by atoms with Crippen molar-refractivity contribution in [3.8, 4) is 5.69 Å². The van der Waals surface area contributed by atoms with Crippen molar-refractivity contribution >= 4 is 22.8 Å². The summed E-state index contributed by atoms with van der Waals surface area (Å²) in [5, 5.41) is 18.3. The highest BCUT2D eigenvalue weighted by Gasteiger charge is 2.30. The zero-order valence-corrected chi connectivity index (χ0v) is 14.9. The number of nitrogens with zero attached hydrogens (tertiary/aromatic N) is 5. The molecule has 3 heterocycles. The van der Waals surface area contributed by atoms with Crippen molar-refractivity contribution in [3.63, 3.8) is 0 Å². The molecule has 8 heteroatoms. The van der Waals surface area contributed by atoms with Gasteiger partial charge in [-0.2, -0.15) is 0 Å². The third kappa shape index (κ3) is 3.14. The number of benzene rings is 1. The van der Waals surface area contributed by atoms with Crippen LogP contribution in [0, 0.1) is 12.8 Å². The third-order valence-electron chi connectivity index (χ3n) is 5.06. The van der Waals surface area contributed by atoms with Crippen LogP contribution >= 0.6 is 0 Å². The number of hydrogen-bond acceptors (Lipinski definition) is 5. The number of fused-ring (bicyclic) bond motifs is 1. The summed E-state index contributed by atoms with van der Waals surface area (Å²) in [5.74, 6) is -1.38. The summed E-state index contributed by atoms with van der Waals surface area (Å²) in [4.78, 5) is 29.8. The SMILES string of the molecule is Cc1c(C(=O)N2CCC(C(=O)O)CC2)nnn1-c1ccc2ncccc2c1. The summed E-state index contributed by atoms with van der Waals surface area (Å²) in [6.45, 7) is 2.65. The lowest BCUT2D eigenvalue weighted by atomic mass is 9.97. The maximum atomic E-state index is 12.8. The van der Waals surface area contributed by atoms with E-state index in [2.05, 4.69) is 15.3 Å². The van der Waals surface area contributed by atoms with Gasteiger partial charge in [0.15, 0.2) is 5.69 Å². The van der Waals surface area contributed by atoms with E-state index in [4.69, 9.17) is 5.11 Å². The molecule has 1 aromatic carbocycles. The van der Waals surface area contributed by atoms with Gasteiger partial charge in [0.05, 0.1) is 22.8 Å². The molecule has 1 amide bonds. The summed E-state index contributed by atoms with van der Waals surface area (Å²) in [5.41, 5.74) is 2.65. The first-order valence-corrected chi connectivity index (χ1v) is 8.84. The molecule has 0 unspecified atom stereocenters. The van der Waals surface area contributed by atoms with E-state index in [1.165, 1.54) is 0 Å². The fourth-order valence-electron chi connectivity index (χ4n) is 3.45. The number of hydrogen-bond donors (Lipinski definition) is 1. The lowest BCUT2D eigenvalue weighted by Crippen LogP contribution is -2.40. The summed E-state index contributed by atoms with van der Waals surface area (Å²) in [6.07, 6.45) is 2.67. The van der Waals surface area contributed by atoms with Crippen molar-refractivity contribution in [1.29, 1.82) is 0 Å². The second kappa shape index (κ2) is 6.79. The molecule has 27 heavy (non-hydrogen) atoms. The number of aliphatic carboxylic acids is 1. The maximum Gasteiger partial charge on any atom is 0.306 e. The van der Waals surface area contributed by atoms with Gasteiger partial charge in [-0.15, -0.1) is 5.10 Å². The third-order valence-corrected chi connectivity index (χ3v) is 5.06. The zero-order chi connectivity index (χ0) is 19.0. The van der Waals surface area contributed by atoms with Gasteiger partial charge in [0.2, 0.25) is 0 Å². The van der Waals surface area contributed by atoms with Crippen molar-refractivity contribution in [3.05, 3.63) is 47.9 Å². The van der Waals surface area contributed by atoms with E-state index < -0.39 is 5.97 Å². The fourth-order valence-corrected chi connectivity index (χ4v) is 3.45. The Bertz CT molecular complexity index is 1020. The van der Waals surface area contributed by atoms with E-state index in [1.54, 1.807) is 15.8 Å². The van der Waals surface area contributed by atoms with Crippen molar-refractivity contribution in [2.24, 2.45) is 5.92 Å². The van der Waals surface area contributed by atoms with Crippen LogP contribution < -0.4 is 0 Å². The largest absolute Gasteiger partial charge is 0.481 e. The predicted molar refractivity (Wildman–Crippen MR) is 97.7 cm³/mol. The Labute approximate surface area is 155 Å². The first-order chi connectivity index (χ1) is 13.0. The lowest BCUT2D eigenvalue weighted by molar-refractivity contribution is -0.143.